The molecule has 5 nitrogen and oxygen atoms in total. The molecule has 0 bridgehead atoms. The highest BCUT2D eigenvalue weighted by Crippen LogP contribution is 2.45. The Morgan fingerprint density at radius 1 is 1.34 bits per heavy atom. The summed E-state index contributed by atoms with van der Waals surface area (Å²) >= 11 is 2.33. The molecule has 3 rings (SSSR count). The second-order valence-electron chi connectivity index (χ2n) is 9.19. The lowest BCUT2D eigenvalue weighted by atomic mass is 9.95. The lowest BCUT2D eigenvalue weighted by molar-refractivity contribution is -0.135. The molecule has 2 fully saturated rings. The number of aliphatic hydroxyl groups excluding tert-OH is 1. The van der Waals surface area contributed by atoms with Gasteiger partial charge in [0.1, 0.15) is 0 Å². The predicted molar refractivity (Wildman–Crippen MR) is 125 cm³/mol. The maximum atomic E-state index is 12.9. The molecule has 2 aliphatic heterocycles. The molecular weight excluding hydrogens is 497 g/mol. The predicted octanol–water partition coefficient (Wildman–Crippen LogP) is 3.57. The van der Waals surface area contributed by atoms with Crippen LogP contribution in [0, 0.1) is 9.49 Å². The van der Waals surface area contributed by atoms with Gasteiger partial charge in [-0.15, -0.1) is 0 Å². The van der Waals surface area contributed by atoms with E-state index >= 15 is 0 Å². The number of benzene rings is 1. The zero-order valence-corrected chi connectivity index (χ0v) is 20.8. The van der Waals surface area contributed by atoms with Crippen molar-refractivity contribution in [1.29, 1.82) is 0 Å². The second kappa shape index (κ2) is 9.76. The van der Waals surface area contributed by atoms with Gasteiger partial charge in [0.2, 0.25) is 5.91 Å². The van der Waals surface area contributed by atoms with Crippen LogP contribution < -0.4 is 0 Å². The number of aliphatic hydroxyl groups is 1. The van der Waals surface area contributed by atoms with Crippen molar-refractivity contribution in [2.45, 2.75) is 75.9 Å². The normalized spacial score (nSPS) is 30.1. The van der Waals surface area contributed by atoms with E-state index in [1.54, 1.807) is 0 Å². The number of ether oxygens (including phenoxy) is 1. The Balaban J connectivity index is 1.67. The van der Waals surface area contributed by atoms with E-state index in [1.165, 1.54) is 9.13 Å². The van der Waals surface area contributed by atoms with Crippen LogP contribution in [0.15, 0.2) is 24.3 Å². The monoisotopic (exact) mass is 531 g/mol. The van der Waals surface area contributed by atoms with E-state index in [0.29, 0.717) is 13.0 Å². The smallest absolute Gasteiger partial charge is 0.225 e. The summed E-state index contributed by atoms with van der Waals surface area (Å²) in [6.07, 6.45) is 3.78. The molecule has 2 saturated heterocycles. The third-order valence-electron chi connectivity index (χ3n) is 6.61. The van der Waals surface area contributed by atoms with Crippen LogP contribution in [0.5, 0.6) is 0 Å². The molecular formula is C22H34INO4Si. The van der Waals surface area contributed by atoms with Gasteiger partial charge in [-0.2, -0.15) is 0 Å². The number of hydrogen-bond donors (Lipinski definition) is 2. The van der Waals surface area contributed by atoms with Gasteiger partial charge >= 0.3 is 0 Å². The molecule has 0 aromatic heterocycles. The highest BCUT2D eigenvalue weighted by Gasteiger charge is 2.50. The first-order valence-electron chi connectivity index (χ1n) is 10.7. The Labute approximate surface area is 189 Å². The maximum absolute atomic E-state index is 12.9. The molecule has 2 aliphatic rings. The molecule has 2 N–H and O–H groups in total. The van der Waals surface area contributed by atoms with Crippen LogP contribution in [0.25, 0.3) is 0 Å². The molecule has 0 spiro atoms. The third kappa shape index (κ3) is 5.61. The van der Waals surface area contributed by atoms with Crippen LogP contribution in [0.2, 0.25) is 18.6 Å². The minimum Gasteiger partial charge on any atom is -0.432 e. The van der Waals surface area contributed by atoms with Gasteiger partial charge in [0.15, 0.2) is 8.32 Å². The molecule has 1 aromatic carbocycles. The Morgan fingerprint density at radius 3 is 2.76 bits per heavy atom. The maximum Gasteiger partial charge on any atom is 0.225 e. The summed E-state index contributed by atoms with van der Waals surface area (Å²) in [5.74, 6) is 0.287. The zero-order chi connectivity index (χ0) is 21.2. The highest BCUT2D eigenvalue weighted by atomic mass is 127. The van der Waals surface area contributed by atoms with Gasteiger partial charge in [-0.05, 0) is 85.0 Å². The number of likely N-dealkylation sites (tertiary alicyclic amines) is 1. The van der Waals surface area contributed by atoms with Crippen molar-refractivity contribution in [3.8, 4) is 0 Å². The van der Waals surface area contributed by atoms with E-state index in [-0.39, 0.29) is 42.2 Å². The molecule has 0 saturated carbocycles. The zero-order valence-electron chi connectivity index (χ0n) is 17.7. The molecule has 0 radical (unpaired) electrons. The second-order valence-corrected chi connectivity index (χ2v) is 14.4. The minimum atomic E-state index is -2.49. The number of carbonyl (C=O) groups is 1. The number of hydrogen-bond acceptors (Lipinski definition) is 4. The molecule has 1 amide bonds. The van der Waals surface area contributed by atoms with Gasteiger partial charge in [-0.1, -0.05) is 19.1 Å². The van der Waals surface area contributed by atoms with E-state index in [0.717, 1.165) is 25.7 Å². The standard InChI is InChI=1S/C22H34INO4Si/c1-15-19(10-9-16-6-4-7-17(23)12-16)28-20(22(15)29(2,3)27)13-21(26)24-11-5-8-18(24)14-25/h4,6-7,12,15,18-20,22,25,27H,5,8-11,13-14H2,1-3H3/t15-,18+,19+,20-,22+/m1/s1. The Hall–Kier alpha value is -0.483. The number of carbonyl (C=O) groups excluding carboxylic acids is 1. The molecule has 5 atom stereocenters. The van der Waals surface area contributed by atoms with E-state index in [4.69, 9.17) is 4.74 Å². The first kappa shape index (κ1) is 23.2. The summed E-state index contributed by atoms with van der Waals surface area (Å²) in [6, 6.07) is 8.46. The lowest BCUT2D eigenvalue weighted by Gasteiger charge is -2.31. The molecule has 7 heteroatoms. The van der Waals surface area contributed by atoms with Crippen LogP contribution in [-0.2, 0) is 16.0 Å². The van der Waals surface area contributed by atoms with E-state index < -0.39 is 8.32 Å². The fourth-order valence-electron chi connectivity index (χ4n) is 5.25. The fraction of sp³-hybridized carbons (Fsp3) is 0.682. The number of aryl methyl sites for hydroxylation is 1. The fourth-order valence-corrected chi connectivity index (χ4v) is 8.47. The van der Waals surface area contributed by atoms with E-state index in [1.807, 2.05) is 18.0 Å². The number of nitrogens with zero attached hydrogens (tertiary/aromatic N) is 1. The first-order valence-corrected chi connectivity index (χ1v) is 14.8. The van der Waals surface area contributed by atoms with Crippen molar-refractivity contribution in [1.82, 2.24) is 4.90 Å². The van der Waals surface area contributed by atoms with Crippen LogP contribution in [0.3, 0.4) is 0 Å². The summed E-state index contributed by atoms with van der Waals surface area (Å²) in [5.41, 5.74) is 1.34. The van der Waals surface area contributed by atoms with Crippen LogP contribution in [0.1, 0.15) is 38.2 Å². The number of amides is 1. The molecule has 0 aliphatic carbocycles. The summed E-state index contributed by atoms with van der Waals surface area (Å²) in [6.45, 7) is 6.83. The minimum absolute atomic E-state index is 0.0236. The van der Waals surface area contributed by atoms with Gasteiger partial charge in [0.05, 0.1) is 31.3 Å². The van der Waals surface area contributed by atoms with E-state index in [2.05, 4.69) is 53.8 Å². The Bertz CT molecular complexity index is 710. The summed E-state index contributed by atoms with van der Waals surface area (Å²) < 4.78 is 7.66. The van der Waals surface area contributed by atoms with Crippen molar-refractivity contribution < 1.29 is 19.4 Å². The van der Waals surface area contributed by atoms with Gasteiger partial charge in [0, 0.05) is 15.7 Å². The summed E-state index contributed by atoms with van der Waals surface area (Å²) in [7, 11) is -2.49. The molecule has 0 unspecified atom stereocenters. The van der Waals surface area contributed by atoms with E-state index in [9.17, 15) is 14.7 Å². The Morgan fingerprint density at radius 2 is 2.10 bits per heavy atom. The van der Waals surface area contributed by atoms with Crippen molar-refractivity contribution in [2.24, 2.45) is 5.92 Å². The average molecular weight is 532 g/mol. The Kier molecular flexibility index (Phi) is 7.81. The highest BCUT2D eigenvalue weighted by molar-refractivity contribution is 14.1. The third-order valence-corrected chi connectivity index (χ3v) is 9.81. The lowest BCUT2D eigenvalue weighted by Crippen LogP contribution is -2.43. The van der Waals surface area contributed by atoms with Crippen molar-refractivity contribution >= 4 is 36.8 Å². The van der Waals surface area contributed by atoms with Crippen molar-refractivity contribution in [3.05, 3.63) is 33.4 Å². The van der Waals surface area contributed by atoms with Gasteiger partial charge < -0.3 is 19.5 Å². The molecule has 2 heterocycles. The van der Waals surface area contributed by atoms with Gasteiger partial charge in [-0.3, -0.25) is 4.79 Å². The average Bonchev–Trinajstić information content (AvgIpc) is 3.24. The van der Waals surface area contributed by atoms with Crippen molar-refractivity contribution in [2.75, 3.05) is 13.2 Å². The number of halogens is 1. The summed E-state index contributed by atoms with van der Waals surface area (Å²) in [4.78, 5) is 25.7. The number of rotatable bonds is 7. The van der Waals surface area contributed by atoms with Crippen LogP contribution >= 0.6 is 22.6 Å². The summed E-state index contributed by atoms with van der Waals surface area (Å²) in [5, 5.41) is 9.55. The first-order chi connectivity index (χ1) is 13.7. The van der Waals surface area contributed by atoms with Gasteiger partial charge in [0.25, 0.3) is 0 Å². The van der Waals surface area contributed by atoms with Gasteiger partial charge in [-0.25, -0.2) is 0 Å². The SMILES string of the molecule is C[C@H]1[C@H]([Si](C)(C)O)[C@@H](CC(=O)N2CCC[C@H]2CO)O[C@H]1CCc1cccc(I)c1. The quantitative estimate of drug-likeness (QED) is 0.417. The van der Waals surface area contributed by atoms with Crippen LogP contribution in [0.4, 0.5) is 0 Å². The molecule has 162 valence electrons. The topological polar surface area (TPSA) is 70.0 Å². The molecule has 1 aromatic rings. The van der Waals surface area contributed by atoms with Crippen molar-refractivity contribution in [3.63, 3.8) is 0 Å². The largest absolute Gasteiger partial charge is 0.432 e. The molecule has 29 heavy (non-hydrogen) atoms. The van der Waals surface area contributed by atoms with Crippen LogP contribution in [-0.4, -0.2) is 60.4 Å².